The summed E-state index contributed by atoms with van der Waals surface area (Å²) in [7, 11) is 0. The Morgan fingerprint density at radius 3 is 2.86 bits per heavy atom. The fraction of sp³-hybridized carbons (Fsp3) is 0.200. The fourth-order valence-electron chi connectivity index (χ4n) is 1.46. The Balaban J connectivity index is 2.98. The van der Waals surface area contributed by atoms with Gasteiger partial charge in [-0.05, 0) is 13.0 Å². The summed E-state index contributed by atoms with van der Waals surface area (Å²) in [5.74, 6) is 0. The Morgan fingerprint density at radius 2 is 2.14 bits per heavy atom. The smallest absolute Gasteiger partial charge is 0.274 e. The maximum atomic E-state index is 11.7. The highest BCUT2D eigenvalue weighted by Crippen LogP contribution is 1.99. The van der Waals surface area contributed by atoms with Crippen molar-refractivity contribution < 1.29 is 0 Å². The quantitative estimate of drug-likeness (QED) is 0.720. The van der Waals surface area contributed by atoms with Crippen LogP contribution in [0.5, 0.6) is 0 Å². The lowest BCUT2D eigenvalue weighted by atomic mass is 10.2. The molecule has 14 heavy (non-hydrogen) atoms. The van der Waals surface area contributed by atoms with Gasteiger partial charge in [0, 0.05) is 25.0 Å². The largest absolute Gasteiger partial charge is 0.356 e. The van der Waals surface area contributed by atoms with Gasteiger partial charge in [0.2, 0.25) is 0 Å². The molecule has 0 saturated heterocycles. The third-order valence-electron chi connectivity index (χ3n) is 2.23. The van der Waals surface area contributed by atoms with E-state index in [1.165, 1.54) is 12.3 Å². The van der Waals surface area contributed by atoms with Crippen molar-refractivity contribution >= 4 is 10.9 Å². The third-order valence-corrected chi connectivity index (χ3v) is 2.23. The van der Waals surface area contributed by atoms with Crippen LogP contribution in [0.4, 0.5) is 0 Å². The molecule has 0 amide bonds. The van der Waals surface area contributed by atoms with Crippen molar-refractivity contribution in [2.24, 2.45) is 0 Å². The van der Waals surface area contributed by atoms with Crippen LogP contribution in [-0.2, 0) is 6.54 Å². The number of rotatable bonds is 1. The van der Waals surface area contributed by atoms with Crippen molar-refractivity contribution in [3.63, 3.8) is 0 Å². The van der Waals surface area contributed by atoms with Gasteiger partial charge in [0.15, 0.2) is 5.43 Å². The van der Waals surface area contributed by atoms with Crippen LogP contribution in [0.25, 0.3) is 10.9 Å². The number of hydrogen-bond acceptors (Lipinski definition) is 2. The first-order valence-electron chi connectivity index (χ1n) is 4.45. The van der Waals surface area contributed by atoms with Crippen molar-refractivity contribution in [1.82, 2.24) is 9.55 Å². The maximum absolute atomic E-state index is 11.7. The number of nitrogens with zero attached hydrogens (tertiary/aromatic N) is 1. The third kappa shape index (κ3) is 1.16. The monoisotopic (exact) mass is 190 g/mol. The second kappa shape index (κ2) is 3.14. The van der Waals surface area contributed by atoms with Gasteiger partial charge in [-0.25, -0.2) is 0 Å². The van der Waals surface area contributed by atoms with Crippen molar-refractivity contribution in [3.8, 4) is 0 Å². The summed E-state index contributed by atoms with van der Waals surface area (Å²) in [5, 5.41) is 0.446. The van der Waals surface area contributed by atoms with E-state index in [1.54, 1.807) is 16.8 Å². The molecule has 0 aromatic carbocycles. The number of aryl methyl sites for hydroxylation is 1. The Kier molecular flexibility index (Phi) is 1.96. The minimum absolute atomic E-state index is 0.126. The normalized spacial score (nSPS) is 10.6. The van der Waals surface area contributed by atoms with E-state index in [2.05, 4.69) is 4.98 Å². The van der Waals surface area contributed by atoms with E-state index < -0.39 is 0 Å². The summed E-state index contributed by atoms with van der Waals surface area (Å²) >= 11 is 0. The van der Waals surface area contributed by atoms with Gasteiger partial charge in [0.05, 0.1) is 5.39 Å². The number of nitrogens with one attached hydrogen (secondary N) is 1. The van der Waals surface area contributed by atoms with Crippen LogP contribution in [-0.4, -0.2) is 9.55 Å². The van der Waals surface area contributed by atoms with Gasteiger partial charge < -0.3 is 9.55 Å². The maximum Gasteiger partial charge on any atom is 0.274 e. The van der Waals surface area contributed by atoms with Gasteiger partial charge in [-0.2, -0.15) is 0 Å². The summed E-state index contributed by atoms with van der Waals surface area (Å²) in [5.41, 5.74) is 0.101. The standard InChI is InChI=1S/C10H10N2O2/c1-2-12-6-4-7-8(13)3-5-11-9(7)10(12)14/h3-6H,2H2,1H3,(H,11,13). The zero-order valence-electron chi connectivity index (χ0n) is 7.78. The molecule has 0 aliphatic heterocycles. The van der Waals surface area contributed by atoms with Crippen molar-refractivity contribution in [1.29, 1.82) is 0 Å². The van der Waals surface area contributed by atoms with Crippen LogP contribution in [0.2, 0.25) is 0 Å². The lowest BCUT2D eigenvalue weighted by Gasteiger charge is -2.02. The van der Waals surface area contributed by atoms with E-state index in [0.29, 0.717) is 17.4 Å². The molecule has 2 rings (SSSR count). The number of hydrogen-bond donors (Lipinski definition) is 1. The molecule has 0 aliphatic rings. The predicted molar refractivity (Wildman–Crippen MR) is 54.5 cm³/mol. The molecule has 0 unspecified atom stereocenters. The topological polar surface area (TPSA) is 54.9 Å². The summed E-state index contributed by atoms with van der Waals surface area (Å²) in [6, 6.07) is 3.08. The number of H-pyrrole nitrogens is 1. The van der Waals surface area contributed by atoms with Crippen molar-refractivity contribution in [2.45, 2.75) is 13.5 Å². The molecule has 0 atom stereocenters. The molecule has 0 aliphatic carbocycles. The number of aromatic amines is 1. The van der Waals surface area contributed by atoms with Gasteiger partial charge in [0.1, 0.15) is 5.52 Å². The highest BCUT2D eigenvalue weighted by molar-refractivity contribution is 5.76. The first-order chi connectivity index (χ1) is 6.74. The number of pyridine rings is 2. The Bertz CT molecular complexity index is 580. The minimum atomic E-state index is -0.150. The molecule has 4 heteroatoms. The molecule has 0 radical (unpaired) electrons. The van der Waals surface area contributed by atoms with Crippen molar-refractivity contribution in [3.05, 3.63) is 45.1 Å². The van der Waals surface area contributed by atoms with Crippen LogP contribution in [0.3, 0.4) is 0 Å². The number of aromatic nitrogens is 2. The van der Waals surface area contributed by atoms with E-state index in [9.17, 15) is 9.59 Å². The minimum Gasteiger partial charge on any atom is -0.356 e. The van der Waals surface area contributed by atoms with Crippen LogP contribution in [0.1, 0.15) is 6.92 Å². The molecule has 2 aromatic rings. The molecule has 4 nitrogen and oxygen atoms in total. The van der Waals surface area contributed by atoms with Gasteiger partial charge in [-0.1, -0.05) is 0 Å². The summed E-state index contributed by atoms with van der Waals surface area (Å²) in [6.07, 6.45) is 3.13. The Labute approximate surface area is 79.8 Å². The van der Waals surface area contributed by atoms with E-state index in [1.807, 2.05) is 6.92 Å². The lowest BCUT2D eigenvalue weighted by Crippen LogP contribution is -2.21. The van der Waals surface area contributed by atoms with Crippen LogP contribution in [0, 0.1) is 0 Å². The highest BCUT2D eigenvalue weighted by Gasteiger charge is 2.03. The fourth-order valence-corrected chi connectivity index (χ4v) is 1.46. The SMILES string of the molecule is CCn1ccc2c(=O)cc[nH]c2c1=O. The molecule has 72 valence electrons. The molecule has 0 saturated carbocycles. The zero-order valence-corrected chi connectivity index (χ0v) is 7.78. The molecule has 1 N–H and O–H groups in total. The summed E-state index contributed by atoms with van der Waals surface area (Å²) in [4.78, 5) is 25.9. The second-order valence-electron chi connectivity index (χ2n) is 3.04. The van der Waals surface area contributed by atoms with Crippen LogP contribution < -0.4 is 11.0 Å². The lowest BCUT2D eigenvalue weighted by molar-refractivity contribution is 0.733. The zero-order chi connectivity index (χ0) is 10.1. The molecular weight excluding hydrogens is 180 g/mol. The van der Waals surface area contributed by atoms with Gasteiger partial charge >= 0.3 is 0 Å². The predicted octanol–water partition coefficient (Wildman–Crippen LogP) is 0.710. The Morgan fingerprint density at radius 1 is 1.36 bits per heavy atom. The van der Waals surface area contributed by atoms with Crippen LogP contribution in [0.15, 0.2) is 34.1 Å². The summed E-state index contributed by atoms with van der Waals surface area (Å²) < 4.78 is 1.55. The van der Waals surface area contributed by atoms with Crippen LogP contribution >= 0.6 is 0 Å². The molecular formula is C10H10N2O2. The molecule has 0 bridgehead atoms. The van der Waals surface area contributed by atoms with E-state index >= 15 is 0 Å². The van der Waals surface area contributed by atoms with Gasteiger partial charge in [-0.15, -0.1) is 0 Å². The van der Waals surface area contributed by atoms with E-state index in [-0.39, 0.29) is 11.0 Å². The Hall–Kier alpha value is -1.84. The molecule has 2 aromatic heterocycles. The first kappa shape index (κ1) is 8.74. The van der Waals surface area contributed by atoms with Crippen molar-refractivity contribution in [2.75, 3.05) is 0 Å². The first-order valence-corrected chi connectivity index (χ1v) is 4.45. The van der Waals surface area contributed by atoms with Gasteiger partial charge in [-0.3, -0.25) is 9.59 Å². The average molecular weight is 190 g/mol. The van der Waals surface area contributed by atoms with E-state index in [4.69, 9.17) is 0 Å². The molecule has 0 spiro atoms. The van der Waals surface area contributed by atoms with E-state index in [0.717, 1.165) is 0 Å². The summed E-state index contributed by atoms with van der Waals surface area (Å²) in [6.45, 7) is 2.49. The molecule has 2 heterocycles. The van der Waals surface area contributed by atoms with Gasteiger partial charge in [0.25, 0.3) is 5.56 Å². The highest BCUT2D eigenvalue weighted by atomic mass is 16.1. The second-order valence-corrected chi connectivity index (χ2v) is 3.04. The average Bonchev–Trinajstić information content (AvgIpc) is 2.20. The molecule has 0 fully saturated rings. The number of fused-ring (bicyclic) bond motifs is 1.